The Morgan fingerprint density at radius 2 is 1.93 bits per heavy atom. The number of benzene rings is 2. The van der Waals surface area contributed by atoms with Gasteiger partial charge in [-0.05, 0) is 59.3 Å². The third-order valence-corrected chi connectivity index (χ3v) is 6.03. The monoisotopic (exact) mass is 467 g/mol. The van der Waals surface area contributed by atoms with E-state index in [0.29, 0.717) is 23.8 Å². The summed E-state index contributed by atoms with van der Waals surface area (Å²) in [5, 5.41) is 0.610. The molecular weight excluding hydrogens is 450 g/mol. The first-order valence-electron chi connectivity index (χ1n) is 9.16. The lowest BCUT2D eigenvalue weighted by Crippen LogP contribution is -2.31. The molecule has 2 aromatic carbocycles. The molecule has 0 aliphatic heterocycles. The Kier molecular flexibility index (Phi) is 5.87. The van der Waals surface area contributed by atoms with Crippen LogP contribution in [0.15, 0.2) is 71.3 Å². The Balaban J connectivity index is 1.80. The highest BCUT2D eigenvalue weighted by molar-refractivity contribution is 9.10. The first-order chi connectivity index (χ1) is 14.2. The van der Waals surface area contributed by atoms with E-state index >= 15 is 0 Å². The van der Waals surface area contributed by atoms with Crippen molar-refractivity contribution in [1.82, 2.24) is 9.97 Å². The Morgan fingerprint density at radius 1 is 1.10 bits per heavy atom. The van der Waals surface area contributed by atoms with Crippen LogP contribution in [0.25, 0.3) is 10.2 Å². The molecule has 0 radical (unpaired) electrons. The van der Waals surface area contributed by atoms with Gasteiger partial charge in [0.05, 0.1) is 29.1 Å². The molecule has 4 aromatic rings. The van der Waals surface area contributed by atoms with Gasteiger partial charge in [0, 0.05) is 10.7 Å². The molecule has 0 N–H and O–H groups in total. The summed E-state index contributed by atoms with van der Waals surface area (Å²) in [6.45, 7) is 2.82. The fraction of sp³-hybridized carbons (Fsp3) is 0.136. The van der Waals surface area contributed by atoms with Crippen molar-refractivity contribution in [3.63, 3.8) is 0 Å². The molecule has 0 saturated carbocycles. The molecule has 0 aliphatic carbocycles. The van der Waals surface area contributed by atoms with Crippen LogP contribution in [0, 0.1) is 0 Å². The Labute approximate surface area is 181 Å². The number of carbonyl (C=O) groups is 1. The van der Waals surface area contributed by atoms with Gasteiger partial charge in [0.1, 0.15) is 11.3 Å². The molecule has 4 rings (SSSR count). The minimum atomic E-state index is -0.139. The summed E-state index contributed by atoms with van der Waals surface area (Å²) in [4.78, 5) is 24.3. The van der Waals surface area contributed by atoms with Crippen molar-refractivity contribution >= 4 is 48.5 Å². The molecule has 29 heavy (non-hydrogen) atoms. The molecule has 1 amide bonds. The molecule has 0 fully saturated rings. The molecule has 2 aromatic heterocycles. The quantitative estimate of drug-likeness (QED) is 0.364. The topological polar surface area (TPSA) is 55.3 Å². The number of anilines is 1. The normalized spacial score (nSPS) is 10.8. The highest BCUT2D eigenvalue weighted by Crippen LogP contribution is 2.35. The van der Waals surface area contributed by atoms with Crippen LogP contribution in [-0.4, -0.2) is 22.5 Å². The highest BCUT2D eigenvalue weighted by atomic mass is 79.9. The Morgan fingerprint density at radius 3 is 2.69 bits per heavy atom. The SMILES string of the molecule is CCOc1cccc2sc(N(Cc3ccccn3)C(=O)c3ccccc3Br)nc12. The Hall–Kier alpha value is -2.77. The molecule has 0 spiro atoms. The summed E-state index contributed by atoms with van der Waals surface area (Å²) >= 11 is 4.95. The molecule has 0 bridgehead atoms. The van der Waals surface area contributed by atoms with E-state index in [-0.39, 0.29) is 5.91 Å². The van der Waals surface area contributed by atoms with Crippen LogP contribution in [0.3, 0.4) is 0 Å². The number of fused-ring (bicyclic) bond motifs is 1. The van der Waals surface area contributed by atoms with Crippen LogP contribution >= 0.6 is 27.3 Å². The molecule has 146 valence electrons. The first kappa shape index (κ1) is 19.5. The maximum Gasteiger partial charge on any atom is 0.261 e. The van der Waals surface area contributed by atoms with Crippen molar-refractivity contribution in [2.75, 3.05) is 11.5 Å². The molecular formula is C22H18BrN3O2S. The van der Waals surface area contributed by atoms with E-state index < -0.39 is 0 Å². The largest absolute Gasteiger partial charge is 0.492 e. The Bertz CT molecular complexity index is 1150. The molecule has 7 heteroatoms. The lowest BCUT2D eigenvalue weighted by atomic mass is 10.2. The molecule has 5 nitrogen and oxygen atoms in total. The third kappa shape index (κ3) is 4.16. The lowest BCUT2D eigenvalue weighted by molar-refractivity contribution is 0.0984. The van der Waals surface area contributed by atoms with Gasteiger partial charge in [-0.2, -0.15) is 0 Å². The fourth-order valence-electron chi connectivity index (χ4n) is 2.96. The fourth-order valence-corrected chi connectivity index (χ4v) is 4.39. The summed E-state index contributed by atoms with van der Waals surface area (Å²) in [7, 11) is 0. The van der Waals surface area contributed by atoms with Gasteiger partial charge < -0.3 is 4.74 Å². The standard InChI is InChI=1S/C22H18BrN3O2S/c1-2-28-18-11-7-12-19-20(18)25-22(29-19)26(14-15-8-5-6-13-24-15)21(27)16-9-3-4-10-17(16)23/h3-13H,2,14H2,1H3. The number of amides is 1. The van der Waals surface area contributed by atoms with Crippen molar-refractivity contribution in [3.8, 4) is 5.75 Å². The van der Waals surface area contributed by atoms with E-state index in [1.165, 1.54) is 11.3 Å². The highest BCUT2D eigenvalue weighted by Gasteiger charge is 2.24. The summed E-state index contributed by atoms with van der Waals surface area (Å²) in [5.74, 6) is 0.582. The average molecular weight is 468 g/mol. The van der Waals surface area contributed by atoms with Crippen molar-refractivity contribution in [2.45, 2.75) is 13.5 Å². The first-order valence-corrected chi connectivity index (χ1v) is 10.8. The number of carbonyl (C=O) groups excluding carboxylic acids is 1. The van der Waals surface area contributed by atoms with Crippen LogP contribution in [-0.2, 0) is 6.54 Å². The van der Waals surface area contributed by atoms with Gasteiger partial charge in [-0.1, -0.05) is 35.6 Å². The molecule has 2 heterocycles. The van der Waals surface area contributed by atoms with Crippen LogP contribution in [0.5, 0.6) is 5.75 Å². The van der Waals surface area contributed by atoms with Crippen molar-refractivity contribution in [3.05, 3.63) is 82.6 Å². The van der Waals surface area contributed by atoms with E-state index in [1.54, 1.807) is 17.2 Å². The second-order valence-corrected chi connectivity index (χ2v) is 8.09. The van der Waals surface area contributed by atoms with Crippen molar-refractivity contribution < 1.29 is 9.53 Å². The number of aromatic nitrogens is 2. The molecule has 0 saturated heterocycles. The van der Waals surface area contributed by atoms with E-state index in [4.69, 9.17) is 9.72 Å². The number of thiazole rings is 1. The molecule has 0 unspecified atom stereocenters. The zero-order chi connectivity index (χ0) is 20.2. The number of para-hydroxylation sites is 1. The van der Waals surface area contributed by atoms with Gasteiger partial charge in [-0.3, -0.25) is 14.7 Å². The van der Waals surface area contributed by atoms with E-state index in [1.807, 2.05) is 61.5 Å². The van der Waals surface area contributed by atoms with Gasteiger partial charge in [0.25, 0.3) is 5.91 Å². The van der Waals surface area contributed by atoms with Gasteiger partial charge in [0.2, 0.25) is 0 Å². The summed E-state index contributed by atoms with van der Waals surface area (Å²) in [6, 6.07) is 18.9. The minimum absolute atomic E-state index is 0.139. The zero-order valence-corrected chi connectivity index (χ0v) is 18.1. The van der Waals surface area contributed by atoms with E-state index in [0.717, 1.165) is 26.1 Å². The van der Waals surface area contributed by atoms with Crippen molar-refractivity contribution in [1.29, 1.82) is 0 Å². The lowest BCUT2D eigenvalue weighted by Gasteiger charge is -2.20. The summed E-state index contributed by atoms with van der Waals surface area (Å²) in [6.07, 6.45) is 1.72. The number of hydrogen-bond donors (Lipinski definition) is 0. The minimum Gasteiger partial charge on any atom is -0.492 e. The molecule has 0 atom stereocenters. The van der Waals surface area contributed by atoms with Crippen molar-refractivity contribution in [2.24, 2.45) is 0 Å². The summed E-state index contributed by atoms with van der Waals surface area (Å²) in [5.41, 5.74) is 2.13. The number of pyridine rings is 1. The summed E-state index contributed by atoms with van der Waals surface area (Å²) < 4.78 is 7.43. The number of rotatable bonds is 6. The number of halogens is 1. The number of hydrogen-bond acceptors (Lipinski definition) is 5. The van der Waals surface area contributed by atoms with E-state index in [9.17, 15) is 4.79 Å². The van der Waals surface area contributed by atoms with Crippen LogP contribution < -0.4 is 9.64 Å². The predicted molar refractivity (Wildman–Crippen MR) is 120 cm³/mol. The second kappa shape index (κ2) is 8.71. The maximum absolute atomic E-state index is 13.5. The van der Waals surface area contributed by atoms with Crippen LogP contribution in [0.1, 0.15) is 23.0 Å². The number of nitrogens with zero attached hydrogens (tertiary/aromatic N) is 3. The predicted octanol–water partition coefficient (Wildman–Crippen LogP) is 5.70. The number of ether oxygens (including phenoxy) is 1. The molecule has 0 aliphatic rings. The maximum atomic E-state index is 13.5. The average Bonchev–Trinajstić information content (AvgIpc) is 3.18. The second-order valence-electron chi connectivity index (χ2n) is 6.22. The van der Waals surface area contributed by atoms with Crippen LogP contribution in [0.2, 0.25) is 0 Å². The van der Waals surface area contributed by atoms with Gasteiger partial charge in [-0.25, -0.2) is 4.98 Å². The van der Waals surface area contributed by atoms with Gasteiger partial charge >= 0.3 is 0 Å². The van der Waals surface area contributed by atoms with Gasteiger partial charge in [0.15, 0.2) is 5.13 Å². The smallest absolute Gasteiger partial charge is 0.261 e. The van der Waals surface area contributed by atoms with Gasteiger partial charge in [-0.15, -0.1) is 0 Å². The van der Waals surface area contributed by atoms with E-state index in [2.05, 4.69) is 20.9 Å². The van der Waals surface area contributed by atoms with Crippen LogP contribution in [0.4, 0.5) is 5.13 Å². The third-order valence-electron chi connectivity index (χ3n) is 4.30. The zero-order valence-electron chi connectivity index (χ0n) is 15.7.